The molecule has 0 saturated heterocycles. The van der Waals surface area contributed by atoms with Gasteiger partial charge < -0.3 is 10.2 Å². The number of carbonyl (C=O) groups is 1. The first-order chi connectivity index (χ1) is 12.8. The van der Waals surface area contributed by atoms with Crippen molar-refractivity contribution < 1.29 is 15.0 Å². The average Bonchev–Trinajstić information content (AvgIpc) is 2.97. The zero-order valence-corrected chi connectivity index (χ0v) is 17.6. The first-order valence-electron chi connectivity index (χ1n) is 11.7. The molecule has 0 aromatic carbocycles. The van der Waals surface area contributed by atoms with Crippen molar-refractivity contribution in [2.45, 2.75) is 97.5 Å². The molecule has 4 rings (SSSR count). The van der Waals surface area contributed by atoms with Gasteiger partial charge >= 0.3 is 5.97 Å². The summed E-state index contributed by atoms with van der Waals surface area (Å²) in [6.07, 6.45) is 12.4. The minimum absolute atomic E-state index is 0.0561. The maximum absolute atomic E-state index is 11.0. The molecule has 4 aliphatic carbocycles. The molecule has 4 fully saturated rings. The summed E-state index contributed by atoms with van der Waals surface area (Å²) in [7, 11) is 0. The Bertz CT molecular complexity index is 574. The molecule has 154 valence electrons. The van der Waals surface area contributed by atoms with Gasteiger partial charge in [-0.05, 0) is 111 Å². The molecule has 0 unspecified atom stereocenters. The highest BCUT2D eigenvalue weighted by atomic mass is 16.4. The molecule has 4 aliphatic rings. The Morgan fingerprint density at radius 2 is 1.70 bits per heavy atom. The summed E-state index contributed by atoms with van der Waals surface area (Å²) in [6.45, 7) is 7.43. The molecule has 3 nitrogen and oxygen atoms in total. The number of aliphatic hydroxyl groups is 1. The fourth-order valence-electron chi connectivity index (χ4n) is 8.76. The van der Waals surface area contributed by atoms with Crippen LogP contribution in [-0.2, 0) is 4.79 Å². The quantitative estimate of drug-likeness (QED) is 0.680. The first kappa shape index (κ1) is 19.7. The first-order valence-corrected chi connectivity index (χ1v) is 11.7. The summed E-state index contributed by atoms with van der Waals surface area (Å²) in [5.41, 5.74) is 0.882. The predicted molar refractivity (Wildman–Crippen MR) is 107 cm³/mol. The van der Waals surface area contributed by atoms with Crippen LogP contribution in [0.15, 0.2) is 0 Å². The van der Waals surface area contributed by atoms with Crippen LogP contribution in [0, 0.1) is 46.3 Å². The summed E-state index contributed by atoms with van der Waals surface area (Å²) in [5, 5.41) is 19.3. The van der Waals surface area contributed by atoms with Crippen LogP contribution in [0.3, 0.4) is 0 Å². The number of rotatable bonds is 4. The monoisotopic (exact) mass is 376 g/mol. The highest BCUT2D eigenvalue weighted by molar-refractivity contribution is 5.66. The van der Waals surface area contributed by atoms with Gasteiger partial charge in [-0.3, -0.25) is 4.79 Å². The molecule has 2 N–H and O–H groups in total. The van der Waals surface area contributed by atoms with Crippen LogP contribution < -0.4 is 0 Å². The lowest BCUT2D eigenvalue weighted by molar-refractivity contribution is -0.138. The zero-order chi connectivity index (χ0) is 19.4. The van der Waals surface area contributed by atoms with Crippen molar-refractivity contribution in [3.05, 3.63) is 0 Å². The SMILES string of the molecule is C[C@H](CCC(=O)O)[C@@H]1CC[C@@H]2[C@H]3CC[C@H]4C[C@@H](O)CC[C@]4(C)[C@@H]3CC[C@]21C. The van der Waals surface area contributed by atoms with E-state index in [2.05, 4.69) is 20.8 Å². The Balaban J connectivity index is 1.51. The fourth-order valence-corrected chi connectivity index (χ4v) is 8.76. The van der Waals surface area contributed by atoms with Crippen LogP contribution in [-0.4, -0.2) is 22.3 Å². The third-order valence-electron chi connectivity index (χ3n) is 10.2. The van der Waals surface area contributed by atoms with Gasteiger partial charge in [0, 0.05) is 6.42 Å². The van der Waals surface area contributed by atoms with Gasteiger partial charge in [-0.2, -0.15) is 0 Å². The molecule has 0 radical (unpaired) electrons. The normalized spacial score (nSPS) is 50.4. The van der Waals surface area contributed by atoms with E-state index in [0.717, 1.165) is 42.9 Å². The molecular weight excluding hydrogens is 336 g/mol. The lowest BCUT2D eigenvalue weighted by Gasteiger charge is -2.61. The zero-order valence-electron chi connectivity index (χ0n) is 17.6. The maximum atomic E-state index is 11.0. The molecule has 3 heteroatoms. The largest absolute Gasteiger partial charge is 0.481 e. The van der Waals surface area contributed by atoms with Crippen molar-refractivity contribution in [2.24, 2.45) is 46.3 Å². The van der Waals surface area contributed by atoms with E-state index in [0.29, 0.717) is 29.1 Å². The van der Waals surface area contributed by atoms with E-state index in [-0.39, 0.29) is 6.10 Å². The van der Waals surface area contributed by atoms with Gasteiger partial charge in [0.2, 0.25) is 0 Å². The Kier molecular flexibility index (Phi) is 5.15. The summed E-state index contributed by atoms with van der Waals surface area (Å²) in [6, 6.07) is 0. The molecule has 0 amide bonds. The van der Waals surface area contributed by atoms with Crippen LogP contribution in [0.1, 0.15) is 91.4 Å². The molecule has 0 spiro atoms. The molecule has 27 heavy (non-hydrogen) atoms. The summed E-state index contributed by atoms with van der Waals surface area (Å²) >= 11 is 0. The van der Waals surface area contributed by atoms with E-state index in [4.69, 9.17) is 5.11 Å². The van der Waals surface area contributed by atoms with Crippen LogP contribution in [0.25, 0.3) is 0 Å². The number of hydrogen-bond donors (Lipinski definition) is 2. The Hall–Kier alpha value is -0.570. The molecule has 0 aliphatic heterocycles. The smallest absolute Gasteiger partial charge is 0.303 e. The van der Waals surface area contributed by atoms with Crippen LogP contribution in [0.2, 0.25) is 0 Å². The van der Waals surface area contributed by atoms with E-state index < -0.39 is 5.97 Å². The summed E-state index contributed by atoms with van der Waals surface area (Å²) < 4.78 is 0. The third-order valence-corrected chi connectivity index (χ3v) is 10.2. The molecule has 0 aromatic heterocycles. The number of carboxylic acids is 1. The average molecular weight is 377 g/mol. The van der Waals surface area contributed by atoms with E-state index in [9.17, 15) is 9.90 Å². The Labute approximate surface area is 165 Å². The molecule has 9 atom stereocenters. The van der Waals surface area contributed by atoms with Gasteiger partial charge in [-0.1, -0.05) is 20.8 Å². The second kappa shape index (κ2) is 7.04. The van der Waals surface area contributed by atoms with Crippen LogP contribution in [0.5, 0.6) is 0 Å². The Morgan fingerprint density at radius 1 is 1.00 bits per heavy atom. The van der Waals surface area contributed by atoms with Crippen molar-refractivity contribution in [1.82, 2.24) is 0 Å². The topological polar surface area (TPSA) is 57.5 Å². The van der Waals surface area contributed by atoms with Gasteiger partial charge in [0.15, 0.2) is 0 Å². The molecular formula is C24H40O3. The molecule has 0 aromatic rings. The molecule has 0 bridgehead atoms. The second-order valence-corrected chi connectivity index (χ2v) is 11.2. The predicted octanol–water partition coefficient (Wildman–Crippen LogP) is 5.51. The summed E-state index contributed by atoms with van der Waals surface area (Å²) in [5.74, 6) is 3.91. The number of carboxylic acid groups (broad SMARTS) is 1. The minimum Gasteiger partial charge on any atom is -0.481 e. The lowest BCUT2D eigenvalue weighted by Crippen LogP contribution is -2.54. The van der Waals surface area contributed by atoms with Crippen molar-refractivity contribution in [1.29, 1.82) is 0 Å². The minimum atomic E-state index is -0.643. The van der Waals surface area contributed by atoms with Crippen molar-refractivity contribution in [3.8, 4) is 0 Å². The number of hydrogen-bond acceptors (Lipinski definition) is 2. The van der Waals surface area contributed by atoms with Gasteiger partial charge in [-0.25, -0.2) is 0 Å². The third kappa shape index (κ3) is 3.16. The van der Waals surface area contributed by atoms with Gasteiger partial charge in [0.05, 0.1) is 6.10 Å². The van der Waals surface area contributed by atoms with Crippen molar-refractivity contribution in [3.63, 3.8) is 0 Å². The van der Waals surface area contributed by atoms with E-state index in [1.807, 2.05) is 0 Å². The highest BCUT2D eigenvalue weighted by Gasteiger charge is 2.60. The van der Waals surface area contributed by atoms with E-state index in [1.54, 1.807) is 0 Å². The van der Waals surface area contributed by atoms with Gasteiger partial charge in [0.25, 0.3) is 0 Å². The van der Waals surface area contributed by atoms with Crippen molar-refractivity contribution in [2.75, 3.05) is 0 Å². The van der Waals surface area contributed by atoms with Gasteiger partial charge in [0.1, 0.15) is 0 Å². The molecule has 0 heterocycles. The number of aliphatic carboxylic acids is 1. The second-order valence-electron chi connectivity index (χ2n) is 11.2. The van der Waals surface area contributed by atoms with E-state index in [1.165, 1.54) is 44.9 Å². The number of aliphatic hydroxyl groups excluding tert-OH is 1. The lowest BCUT2D eigenvalue weighted by atomic mass is 9.44. The maximum Gasteiger partial charge on any atom is 0.303 e. The van der Waals surface area contributed by atoms with Crippen LogP contribution in [0.4, 0.5) is 0 Å². The van der Waals surface area contributed by atoms with Gasteiger partial charge in [-0.15, -0.1) is 0 Å². The standard InChI is InChI=1S/C24H40O3/c1-15(4-9-22(26)27)19-7-8-20-18-6-5-16-14-17(25)10-12-23(16,2)21(18)11-13-24(19,20)3/h15-21,25H,4-14H2,1-3H3,(H,26,27)/t15-,16+,17+,18-,19+,20-,21-,23+,24+/m1/s1. The highest BCUT2D eigenvalue weighted by Crippen LogP contribution is 2.68. The molecule has 4 saturated carbocycles. The summed E-state index contributed by atoms with van der Waals surface area (Å²) in [4.78, 5) is 11.0. The van der Waals surface area contributed by atoms with Crippen molar-refractivity contribution >= 4 is 5.97 Å². The Morgan fingerprint density at radius 3 is 2.44 bits per heavy atom. The number of fused-ring (bicyclic) bond motifs is 5. The van der Waals surface area contributed by atoms with E-state index >= 15 is 0 Å². The van der Waals surface area contributed by atoms with Crippen LogP contribution >= 0.6 is 0 Å². The fraction of sp³-hybridized carbons (Fsp3) is 0.958.